The van der Waals surface area contributed by atoms with Crippen LogP contribution in [0.5, 0.6) is 11.6 Å². The summed E-state index contributed by atoms with van der Waals surface area (Å²) in [6.07, 6.45) is 3.91. The Morgan fingerprint density at radius 3 is 2.57 bits per heavy atom. The van der Waals surface area contributed by atoms with E-state index in [1.54, 1.807) is 6.20 Å². The number of aryl methyl sites for hydroxylation is 1. The molecule has 3 nitrogen and oxygen atoms in total. The van der Waals surface area contributed by atoms with E-state index in [-0.39, 0.29) is 6.04 Å². The van der Waals surface area contributed by atoms with Gasteiger partial charge in [0, 0.05) is 17.8 Å². The van der Waals surface area contributed by atoms with Crippen LogP contribution in [0.15, 0.2) is 42.6 Å². The van der Waals surface area contributed by atoms with Crippen LogP contribution >= 0.6 is 0 Å². The van der Waals surface area contributed by atoms with E-state index in [4.69, 9.17) is 4.74 Å². The van der Waals surface area contributed by atoms with Crippen LogP contribution in [0.1, 0.15) is 44.4 Å². The number of hydrogen-bond donors (Lipinski definition) is 1. The Morgan fingerprint density at radius 1 is 1.14 bits per heavy atom. The van der Waals surface area contributed by atoms with Gasteiger partial charge in [-0.05, 0) is 50.1 Å². The van der Waals surface area contributed by atoms with E-state index in [9.17, 15) is 0 Å². The summed E-state index contributed by atoms with van der Waals surface area (Å²) in [5.74, 6) is 1.51. The summed E-state index contributed by atoms with van der Waals surface area (Å²) in [5.41, 5.74) is 2.40. The highest BCUT2D eigenvalue weighted by Gasteiger charge is 2.12. The molecule has 0 bridgehead atoms. The molecule has 112 valence electrons. The lowest BCUT2D eigenvalue weighted by Gasteiger charge is -2.17. The molecule has 0 spiro atoms. The Balaban J connectivity index is 2.15. The van der Waals surface area contributed by atoms with Gasteiger partial charge in [-0.3, -0.25) is 0 Å². The normalized spacial score (nSPS) is 12.1. The fourth-order valence-electron chi connectivity index (χ4n) is 2.19. The maximum atomic E-state index is 5.96. The molecule has 1 aromatic carbocycles. The van der Waals surface area contributed by atoms with E-state index in [0.717, 1.165) is 30.7 Å². The average Bonchev–Trinajstić information content (AvgIpc) is 2.54. The predicted molar refractivity (Wildman–Crippen MR) is 86.8 cm³/mol. The quantitative estimate of drug-likeness (QED) is 0.813. The van der Waals surface area contributed by atoms with Crippen LogP contribution in [-0.2, 0) is 6.42 Å². The van der Waals surface area contributed by atoms with Gasteiger partial charge in [0.1, 0.15) is 5.75 Å². The second-order valence-corrected chi connectivity index (χ2v) is 5.17. The second-order valence-electron chi connectivity index (χ2n) is 5.17. The lowest BCUT2D eigenvalue weighted by molar-refractivity contribution is 0.442. The van der Waals surface area contributed by atoms with Gasteiger partial charge in [-0.2, -0.15) is 0 Å². The van der Waals surface area contributed by atoms with Crippen molar-refractivity contribution in [3.8, 4) is 11.6 Å². The number of hydrogen-bond acceptors (Lipinski definition) is 3. The molecule has 3 heteroatoms. The van der Waals surface area contributed by atoms with E-state index in [1.807, 2.05) is 18.2 Å². The van der Waals surface area contributed by atoms with Gasteiger partial charge in [0.15, 0.2) is 0 Å². The van der Waals surface area contributed by atoms with Crippen LogP contribution in [0, 0.1) is 0 Å². The number of nitrogens with zero attached hydrogens (tertiary/aromatic N) is 1. The van der Waals surface area contributed by atoms with Gasteiger partial charge in [-0.25, -0.2) is 4.98 Å². The first-order valence-electron chi connectivity index (χ1n) is 7.69. The van der Waals surface area contributed by atoms with Gasteiger partial charge >= 0.3 is 0 Å². The van der Waals surface area contributed by atoms with E-state index in [0.29, 0.717) is 5.88 Å². The van der Waals surface area contributed by atoms with Crippen LogP contribution in [-0.4, -0.2) is 11.5 Å². The molecule has 1 aromatic heterocycles. The number of aromatic nitrogens is 1. The monoisotopic (exact) mass is 284 g/mol. The fraction of sp³-hybridized carbons (Fsp3) is 0.389. The molecule has 0 aliphatic rings. The van der Waals surface area contributed by atoms with Crippen LogP contribution < -0.4 is 10.1 Å². The number of nitrogens with one attached hydrogen (secondary N) is 1. The van der Waals surface area contributed by atoms with Crippen molar-refractivity contribution in [2.75, 3.05) is 6.54 Å². The van der Waals surface area contributed by atoms with Gasteiger partial charge < -0.3 is 10.1 Å². The molecular weight excluding hydrogens is 260 g/mol. The maximum Gasteiger partial charge on any atom is 0.223 e. The largest absolute Gasteiger partial charge is 0.439 e. The Morgan fingerprint density at radius 2 is 1.90 bits per heavy atom. The minimum atomic E-state index is 0.226. The summed E-state index contributed by atoms with van der Waals surface area (Å²) >= 11 is 0. The smallest absolute Gasteiger partial charge is 0.223 e. The van der Waals surface area contributed by atoms with Crippen molar-refractivity contribution in [3.05, 3.63) is 53.7 Å². The topological polar surface area (TPSA) is 34.2 Å². The van der Waals surface area contributed by atoms with E-state index in [2.05, 4.69) is 49.3 Å². The summed E-state index contributed by atoms with van der Waals surface area (Å²) in [7, 11) is 0. The SMILES string of the molecule is CCCNC(C)c1cccnc1Oc1ccc(CC)cc1. The van der Waals surface area contributed by atoms with Gasteiger partial charge in [0.2, 0.25) is 5.88 Å². The molecule has 0 fully saturated rings. The molecule has 1 heterocycles. The minimum absolute atomic E-state index is 0.226. The van der Waals surface area contributed by atoms with Crippen molar-refractivity contribution in [2.24, 2.45) is 0 Å². The zero-order valence-electron chi connectivity index (χ0n) is 13.1. The number of benzene rings is 1. The second kappa shape index (κ2) is 7.79. The molecule has 0 saturated carbocycles. The zero-order chi connectivity index (χ0) is 15.1. The lowest BCUT2D eigenvalue weighted by atomic mass is 10.1. The lowest BCUT2D eigenvalue weighted by Crippen LogP contribution is -2.20. The molecule has 21 heavy (non-hydrogen) atoms. The molecular formula is C18H24N2O. The molecule has 1 N–H and O–H groups in total. The first-order valence-corrected chi connectivity index (χ1v) is 7.69. The van der Waals surface area contributed by atoms with Crippen LogP contribution in [0.3, 0.4) is 0 Å². The summed E-state index contributed by atoms with van der Waals surface area (Å²) in [6.45, 7) is 7.43. The molecule has 1 atom stereocenters. The van der Waals surface area contributed by atoms with E-state index in [1.165, 1.54) is 5.56 Å². The molecule has 0 aliphatic carbocycles. The van der Waals surface area contributed by atoms with Gasteiger partial charge in [-0.15, -0.1) is 0 Å². The van der Waals surface area contributed by atoms with Crippen LogP contribution in [0.25, 0.3) is 0 Å². The number of ether oxygens (including phenoxy) is 1. The Kier molecular flexibility index (Phi) is 5.76. The molecule has 0 amide bonds. The third-order valence-corrected chi connectivity index (χ3v) is 3.51. The fourth-order valence-corrected chi connectivity index (χ4v) is 2.19. The molecule has 0 radical (unpaired) electrons. The van der Waals surface area contributed by atoms with Crippen molar-refractivity contribution in [1.82, 2.24) is 10.3 Å². The zero-order valence-corrected chi connectivity index (χ0v) is 13.1. The molecule has 2 aromatic rings. The highest BCUT2D eigenvalue weighted by atomic mass is 16.5. The Bertz CT molecular complexity index is 551. The molecule has 2 rings (SSSR count). The Labute approximate surface area is 127 Å². The highest BCUT2D eigenvalue weighted by Crippen LogP contribution is 2.27. The van der Waals surface area contributed by atoms with E-state index >= 15 is 0 Å². The predicted octanol–water partition coefficient (Wildman–Crippen LogP) is 4.50. The van der Waals surface area contributed by atoms with Crippen molar-refractivity contribution in [2.45, 2.75) is 39.7 Å². The first-order chi connectivity index (χ1) is 10.2. The summed E-state index contributed by atoms with van der Waals surface area (Å²) in [5, 5.41) is 3.47. The minimum Gasteiger partial charge on any atom is -0.439 e. The van der Waals surface area contributed by atoms with Gasteiger partial charge in [0.05, 0.1) is 0 Å². The van der Waals surface area contributed by atoms with Crippen molar-refractivity contribution in [1.29, 1.82) is 0 Å². The standard InChI is InChI=1S/C18H24N2O/c1-4-12-19-14(3)17-7-6-13-20-18(17)21-16-10-8-15(5-2)9-11-16/h6-11,13-14,19H,4-5,12H2,1-3H3. The summed E-state index contributed by atoms with van der Waals surface area (Å²) in [6, 6.07) is 12.4. The van der Waals surface area contributed by atoms with Gasteiger partial charge in [-0.1, -0.05) is 32.0 Å². The summed E-state index contributed by atoms with van der Waals surface area (Å²) in [4.78, 5) is 4.38. The van der Waals surface area contributed by atoms with Crippen molar-refractivity contribution in [3.63, 3.8) is 0 Å². The molecule has 0 saturated heterocycles. The Hall–Kier alpha value is -1.87. The molecule has 1 unspecified atom stereocenters. The number of pyridine rings is 1. The van der Waals surface area contributed by atoms with Crippen molar-refractivity contribution < 1.29 is 4.74 Å². The van der Waals surface area contributed by atoms with Crippen LogP contribution in [0.2, 0.25) is 0 Å². The van der Waals surface area contributed by atoms with Crippen molar-refractivity contribution >= 4 is 0 Å². The van der Waals surface area contributed by atoms with Gasteiger partial charge in [0.25, 0.3) is 0 Å². The third-order valence-electron chi connectivity index (χ3n) is 3.51. The number of rotatable bonds is 7. The molecule has 0 aliphatic heterocycles. The highest BCUT2D eigenvalue weighted by molar-refractivity contribution is 5.35. The average molecular weight is 284 g/mol. The maximum absolute atomic E-state index is 5.96. The van der Waals surface area contributed by atoms with Crippen LogP contribution in [0.4, 0.5) is 0 Å². The first kappa shape index (κ1) is 15.5. The van der Waals surface area contributed by atoms with E-state index < -0.39 is 0 Å². The third kappa shape index (κ3) is 4.30. The summed E-state index contributed by atoms with van der Waals surface area (Å²) < 4.78 is 5.96.